The maximum absolute atomic E-state index is 15.1. The number of fused-ring (bicyclic) bond motifs is 2. The van der Waals surface area contributed by atoms with E-state index in [4.69, 9.17) is 4.74 Å². The summed E-state index contributed by atoms with van der Waals surface area (Å²) in [7, 11) is 0. The van der Waals surface area contributed by atoms with E-state index >= 15 is 4.39 Å². The van der Waals surface area contributed by atoms with Gasteiger partial charge in [-0.2, -0.15) is 5.10 Å². The fraction of sp³-hybridized carbons (Fsp3) is 0.409. The molecular formula is C22H23F2N5O2. The van der Waals surface area contributed by atoms with Crippen LogP contribution in [-0.2, 0) is 0 Å². The summed E-state index contributed by atoms with van der Waals surface area (Å²) in [4.78, 5) is 0. The molecular weight excluding hydrogens is 404 g/mol. The minimum absolute atomic E-state index is 0.0454. The van der Waals surface area contributed by atoms with Crippen LogP contribution in [0, 0.1) is 5.82 Å². The van der Waals surface area contributed by atoms with E-state index in [2.05, 4.69) is 27.5 Å². The number of phenolic OH excluding ortho intramolecular Hbond substituents is 1. The van der Waals surface area contributed by atoms with E-state index in [1.165, 1.54) is 16.9 Å². The number of phenols is 1. The van der Waals surface area contributed by atoms with Crippen molar-refractivity contribution >= 4 is 0 Å². The number of rotatable bonds is 4. The molecule has 4 atom stereocenters. The van der Waals surface area contributed by atoms with Crippen molar-refractivity contribution in [3.05, 3.63) is 48.5 Å². The molecule has 2 aliphatic rings. The van der Waals surface area contributed by atoms with E-state index in [-0.39, 0.29) is 17.2 Å². The van der Waals surface area contributed by atoms with Gasteiger partial charge in [0, 0.05) is 29.7 Å². The number of benzene rings is 1. The van der Waals surface area contributed by atoms with Gasteiger partial charge in [-0.15, -0.1) is 10.2 Å². The summed E-state index contributed by atoms with van der Waals surface area (Å²) in [5, 5.41) is 25.9. The number of aromatic hydroxyl groups is 1. The number of aromatic nitrogens is 4. The van der Waals surface area contributed by atoms with Gasteiger partial charge in [0.1, 0.15) is 11.9 Å². The first-order valence-corrected chi connectivity index (χ1v) is 10.2. The van der Waals surface area contributed by atoms with Crippen molar-refractivity contribution in [2.24, 2.45) is 0 Å². The molecule has 0 unspecified atom stereocenters. The molecule has 2 bridgehead atoms. The Morgan fingerprint density at radius 3 is 2.71 bits per heavy atom. The largest absolute Gasteiger partial charge is 0.507 e. The first-order chi connectivity index (χ1) is 14.7. The zero-order valence-electron chi connectivity index (χ0n) is 17.2. The molecule has 2 aliphatic heterocycles. The van der Waals surface area contributed by atoms with Crippen molar-refractivity contribution in [1.82, 2.24) is 25.3 Å². The monoisotopic (exact) mass is 427 g/mol. The quantitative estimate of drug-likeness (QED) is 0.662. The van der Waals surface area contributed by atoms with Crippen LogP contribution in [0.2, 0.25) is 0 Å². The van der Waals surface area contributed by atoms with Crippen LogP contribution < -0.4 is 10.1 Å². The van der Waals surface area contributed by atoms with Crippen molar-refractivity contribution in [3.63, 3.8) is 0 Å². The predicted molar refractivity (Wildman–Crippen MR) is 109 cm³/mol. The second kappa shape index (κ2) is 6.98. The summed E-state index contributed by atoms with van der Waals surface area (Å²) in [6.07, 6.45) is 2.81. The summed E-state index contributed by atoms with van der Waals surface area (Å²) >= 11 is 0. The third kappa shape index (κ3) is 3.52. The number of halogens is 2. The average Bonchev–Trinajstić information content (AvgIpc) is 3.29. The number of nitrogens with zero attached hydrogens (tertiary/aromatic N) is 4. The van der Waals surface area contributed by atoms with Crippen molar-refractivity contribution in [2.75, 3.05) is 0 Å². The lowest BCUT2D eigenvalue weighted by atomic mass is 9.85. The SMILES string of the molecule is C[C@@]12CC[C@@](C)(N1)[C@@H](F)[C@@H](Oc1ccc(-c3ccc(-n4cc(F)cn4)cc3O)nn1)C2. The van der Waals surface area contributed by atoms with Gasteiger partial charge in [0.15, 0.2) is 12.0 Å². The molecule has 2 aromatic heterocycles. The lowest BCUT2D eigenvalue weighted by Crippen LogP contribution is -2.63. The normalized spacial score (nSPS) is 29.8. The second-order valence-corrected chi connectivity index (χ2v) is 8.93. The van der Waals surface area contributed by atoms with Gasteiger partial charge in [0.25, 0.3) is 0 Å². The molecule has 2 N–H and O–H groups in total. The number of alkyl halides is 1. The van der Waals surface area contributed by atoms with Gasteiger partial charge in [0.05, 0.1) is 29.3 Å². The van der Waals surface area contributed by atoms with Gasteiger partial charge in [-0.3, -0.25) is 0 Å². The fourth-order valence-corrected chi connectivity index (χ4v) is 4.77. The van der Waals surface area contributed by atoms with Gasteiger partial charge >= 0.3 is 0 Å². The summed E-state index contributed by atoms with van der Waals surface area (Å²) in [5.74, 6) is -0.269. The smallest absolute Gasteiger partial charge is 0.233 e. The number of nitrogens with one attached hydrogen (secondary N) is 1. The van der Waals surface area contributed by atoms with Crippen molar-refractivity contribution in [3.8, 4) is 28.6 Å². The highest BCUT2D eigenvalue weighted by Gasteiger charge is 2.56. The second-order valence-electron chi connectivity index (χ2n) is 8.93. The van der Waals surface area contributed by atoms with Crippen molar-refractivity contribution in [1.29, 1.82) is 0 Å². The maximum atomic E-state index is 15.1. The Bertz CT molecular complexity index is 1120. The Morgan fingerprint density at radius 1 is 1.19 bits per heavy atom. The van der Waals surface area contributed by atoms with Crippen LogP contribution in [-0.4, -0.2) is 48.4 Å². The zero-order chi connectivity index (χ0) is 21.8. The maximum Gasteiger partial charge on any atom is 0.233 e. The van der Waals surface area contributed by atoms with Gasteiger partial charge in [0.2, 0.25) is 5.88 Å². The number of hydrogen-bond donors (Lipinski definition) is 2. The summed E-state index contributed by atoms with van der Waals surface area (Å²) in [6.45, 7) is 4.00. The number of ether oxygens (including phenoxy) is 1. The van der Waals surface area contributed by atoms with Crippen LogP contribution in [0.15, 0.2) is 42.7 Å². The molecule has 162 valence electrons. The lowest BCUT2D eigenvalue weighted by Gasteiger charge is -2.43. The van der Waals surface area contributed by atoms with E-state index in [1.54, 1.807) is 24.3 Å². The molecule has 1 aromatic carbocycles. The van der Waals surface area contributed by atoms with E-state index in [0.717, 1.165) is 19.0 Å². The zero-order valence-corrected chi connectivity index (χ0v) is 17.2. The van der Waals surface area contributed by atoms with E-state index < -0.39 is 23.6 Å². The fourth-order valence-electron chi connectivity index (χ4n) is 4.77. The molecule has 0 aliphatic carbocycles. The summed E-state index contributed by atoms with van der Waals surface area (Å²) < 4.78 is 35.4. The number of hydrogen-bond acceptors (Lipinski definition) is 6. The Morgan fingerprint density at radius 2 is 2.03 bits per heavy atom. The third-order valence-electron chi connectivity index (χ3n) is 6.36. The molecule has 0 amide bonds. The van der Waals surface area contributed by atoms with E-state index in [9.17, 15) is 9.50 Å². The first-order valence-electron chi connectivity index (χ1n) is 10.2. The molecule has 4 heterocycles. The van der Waals surface area contributed by atoms with Gasteiger partial charge < -0.3 is 15.2 Å². The Balaban J connectivity index is 1.34. The summed E-state index contributed by atoms with van der Waals surface area (Å²) in [6, 6.07) is 8.09. The van der Waals surface area contributed by atoms with Crippen LogP contribution >= 0.6 is 0 Å². The molecule has 7 nitrogen and oxygen atoms in total. The average molecular weight is 427 g/mol. The van der Waals surface area contributed by atoms with Crippen LogP contribution in [0.5, 0.6) is 11.6 Å². The highest BCUT2D eigenvalue weighted by molar-refractivity contribution is 5.68. The molecule has 5 rings (SSSR count). The van der Waals surface area contributed by atoms with Crippen molar-refractivity contribution in [2.45, 2.75) is 56.5 Å². The number of piperidine rings is 1. The van der Waals surface area contributed by atoms with Gasteiger partial charge in [-0.05, 0) is 44.9 Å². The highest BCUT2D eigenvalue weighted by atomic mass is 19.1. The minimum atomic E-state index is -1.15. The molecule has 0 saturated carbocycles. The molecule has 2 saturated heterocycles. The highest BCUT2D eigenvalue weighted by Crippen LogP contribution is 2.44. The van der Waals surface area contributed by atoms with Crippen LogP contribution in [0.3, 0.4) is 0 Å². The molecule has 2 fully saturated rings. The topological polar surface area (TPSA) is 85.1 Å². The van der Waals surface area contributed by atoms with Gasteiger partial charge in [-0.25, -0.2) is 13.5 Å². The molecule has 9 heteroatoms. The Kier molecular flexibility index (Phi) is 4.47. The van der Waals surface area contributed by atoms with E-state index in [0.29, 0.717) is 23.4 Å². The Hall–Kier alpha value is -3.07. The van der Waals surface area contributed by atoms with E-state index in [1.807, 2.05) is 6.92 Å². The summed E-state index contributed by atoms with van der Waals surface area (Å²) in [5.41, 5.74) is 0.675. The molecule has 3 aromatic rings. The molecule has 31 heavy (non-hydrogen) atoms. The standard InChI is InChI=1S/C22H23F2N5O2/c1-21-7-8-22(2,28-21)20(24)18(10-21)31-19-6-5-16(26-27-19)15-4-3-14(9-17(15)30)29-12-13(23)11-25-29/h3-6,9,11-12,18,20,28,30H,7-8,10H2,1-2H3/t18-,20-,21-,22+/m0/s1. The lowest BCUT2D eigenvalue weighted by molar-refractivity contribution is -0.00951. The Labute approximate surface area is 178 Å². The molecule has 0 spiro atoms. The van der Waals surface area contributed by atoms with Crippen molar-refractivity contribution < 1.29 is 18.6 Å². The van der Waals surface area contributed by atoms with Crippen LogP contribution in [0.1, 0.15) is 33.1 Å². The minimum Gasteiger partial charge on any atom is -0.507 e. The van der Waals surface area contributed by atoms with Crippen LogP contribution in [0.4, 0.5) is 8.78 Å². The first kappa shape index (κ1) is 19.9. The van der Waals surface area contributed by atoms with Crippen LogP contribution in [0.25, 0.3) is 16.9 Å². The third-order valence-corrected chi connectivity index (χ3v) is 6.36. The van der Waals surface area contributed by atoms with Gasteiger partial charge in [-0.1, -0.05) is 0 Å². The molecule has 0 radical (unpaired) electrons. The predicted octanol–water partition coefficient (Wildman–Crippen LogP) is 3.56.